The van der Waals surface area contributed by atoms with Gasteiger partial charge >= 0.3 is 0 Å². The maximum absolute atomic E-state index is 12.9. The number of aryl methyl sites for hydroxylation is 3. The van der Waals surface area contributed by atoms with E-state index in [0.29, 0.717) is 11.5 Å². The molecule has 144 valence electrons. The smallest absolute Gasteiger partial charge is 0.274 e. The van der Waals surface area contributed by atoms with Gasteiger partial charge in [-0.15, -0.1) is 0 Å². The van der Waals surface area contributed by atoms with E-state index < -0.39 is 0 Å². The van der Waals surface area contributed by atoms with Gasteiger partial charge in [0.05, 0.1) is 0 Å². The van der Waals surface area contributed by atoms with E-state index in [9.17, 15) is 4.79 Å². The first kappa shape index (κ1) is 19.3. The van der Waals surface area contributed by atoms with Gasteiger partial charge < -0.3 is 15.1 Å². The maximum atomic E-state index is 12.9. The Labute approximate surface area is 161 Å². The summed E-state index contributed by atoms with van der Waals surface area (Å²) >= 11 is 0. The fraction of sp³-hybridized carbons (Fsp3) is 0.476. The highest BCUT2D eigenvalue weighted by Crippen LogP contribution is 2.22. The molecule has 27 heavy (non-hydrogen) atoms. The molecule has 1 saturated heterocycles. The number of hydrogen-bond acceptors (Lipinski definition) is 5. The minimum atomic E-state index is -0.182. The molecule has 0 radical (unpaired) electrons. The average Bonchev–Trinajstić information content (AvgIpc) is 2.69. The van der Waals surface area contributed by atoms with Crippen LogP contribution in [-0.4, -0.2) is 53.5 Å². The number of carbonyl (C=O) groups is 1. The van der Waals surface area contributed by atoms with Crippen molar-refractivity contribution in [2.75, 3.05) is 42.9 Å². The van der Waals surface area contributed by atoms with Crippen LogP contribution in [0.3, 0.4) is 0 Å². The van der Waals surface area contributed by atoms with Gasteiger partial charge in [0.2, 0.25) is 0 Å². The van der Waals surface area contributed by atoms with Crippen molar-refractivity contribution in [2.45, 2.75) is 34.1 Å². The van der Waals surface area contributed by atoms with E-state index in [2.05, 4.69) is 38.9 Å². The molecular weight excluding hydrogens is 338 g/mol. The molecule has 2 heterocycles. The van der Waals surface area contributed by atoms with Gasteiger partial charge in [-0.1, -0.05) is 32.0 Å². The fourth-order valence-corrected chi connectivity index (χ4v) is 3.50. The summed E-state index contributed by atoms with van der Waals surface area (Å²) < 4.78 is 0. The van der Waals surface area contributed by atoms with Crippen molar-refractivity contribution < 1.29 is 4.79 Å². The van der Waals surface area contributed by atoms with Crippen LogP contribution < -0.4 is 10.2 Å². The number of nitrogens with zero attached hydrogens (tertiary/aromatic N) is 4. The van der Waals surface area contributed by atoms with Gasteiger partial charge in [0.1, 0.15) is 17.3 Å². The minimum Gasteiger partial charge on any atom is -0.354 e. The fourth-order valence-electron chi connectivity index (χ4n) is 3.50. The molecule has 0 unspecified atom stereocenters. The first-order valence-electron chi connectivity index (χ1n) is 9.74. The van der Waals surface area contributed by atoms with Crippen LogP contribution in [0.1, 0.15) is 41.3 Å². The predicted octanol–water partition coefficient (Wildman–Crippen LogP) is 3.05. The predicted molar refractivity (Wildman–Crippen MR) is 110 cm³/mol. The Morgan fingerprint density at radius 3 is 2.52 bits per heavy atom. The van der Waals surface area contributed by atoms with Crippen LogP contribution in [-0.2, 0) is 6.42 Å². The summed E-state index contributed by atoms with van der Waals surface area (Å²) in [6.45, 7) is 13.1. The first-order chi connectivity index (χ1) is 13.0. The number of likely N-dealkylation sites (N-methyl/N-ethyl adjacent to an activating group) is 1. The second-order valence-electron chi connectivity index (χ2n) is 7.00. The maximum Gasteiger partial charge on any atom is 0.274 e. The van der Waals surface area contributed by atoms with Gasteiger partial charge in [-0.3, -0.25) is 4.79 Å². The zero-order valence-corrected chi connectivity index (χ0v) is 16.7. The summed E-state index contributed by atoms with van der Waals surface area (Å²) in [5, 5.41) is 3.06. The molecule has 0 saturated carbocycles. The van der Waals surface area contributed by atoms with E-state index in [1.165, 1.54) is 0 Å². The van der Waals surface area contributed by atoms with E-state index in [-0.39, 0.29) is 5.91 Å². The highest BCUT2D eigenvalue weighted by atomic mass is 16.1. The molecule has 6 heteroatoms. The molecule has 1 aromatic heterocycles. The van der Waals surface area contributed by atoms with Gasteiger partial charge in [-0.05, 0) is 37.9 Å². The molecule has 0 bridgehead atoms. The highest BCUT2D eigenvalue weighted by Gasteiger charge is 2.20. The van der Waals surface area contributed by atoms with Crippen LogP contribution in [0.15, 0.2) is 24.3 Å². The van der Waals surface area contributed by atoms with E-state index in [4.69, 9.17) is 0 Å². The average molecular weight is 367 g/mol. The van der Waals surface area contributed by atoms with Crippen LogP contribution >= 0.6 is 0 Å². The Balaban J connectivity index is 1.81. The summed E-state index contributed by atoms with van der Waals surface area (Å²) in [4.78, 5) is 26.5. The zero-order chi connectivity index (χ0) is 19.4. The van der Waals surface area contributed by atoms with Crippen molar-refractivity contribution in [3.05, 3.63) is 46.9 Å². The van der Waals surface area contributed by atoms with Gasteiger partial charge in [-0.2, -0.15) is 0 Å². The lowest BCUT2D eigenvalue weighted by Crippen LogP contribution is -2.46. The van der Waals surface area contributed by atoms with Gasteiger partial charge in [0.15, 0.2) is 0 Å². The Kier molecular flexibility index (Phi) is 6.06. The molecule has 1 aliphatic heterocycles. The normalized spacial score (nSPS) is 15.0. The van der Waals surface area contributed by atoms with Crippen LogP contribution in [0, 0.1) is 13.8 Å². The van der Waals surface area contributed by atoms with Crippen LogP contribution in [0.5, 0.6) is 0 Å². The second kappa shape index (κ2) is 8.48. The highest BCUT2D eigenvalue weighted by molar-refractivity contribution is 6.04. The SMILES string of the molecule is CCc1cccc(C)c1NC(=O)c1cc(N2CCN(CC)CC2)nc(C)n1. The van der Waals surface area contributed by atoms with Crippen molar-refractivity contribution in [3.8, 4) is 0 Å². The van der Waals surface area contributed by atoms with Crippen LogP contribution in [0.4, 0.5) is 11.5 Å². The van der Waals surface area contributed by atoms with Gasteiger partial charge in [0.25, 0.3) is 5.91 Å². The number of piperazine rings is 1. The lowest BCUT2D eigenvalue weighted by Gasteiger charge is -2.34. The molecule has 0 spiro atoms. The van der Waals surface area contributed by atoms with Crippen LogP contribution in [0.2, 0.25) is 0 Å². The summed E-state index contributed by atoms with van der Waals surface area (Å²) in [6, 6.07) is 7.89. The van der Waals surface area contributed by atoms with Crippen molar-refractivity contribution in [2.24, 2.45) is 0 Å². The number of carbonyl (C=O) groups excluding carboxylic acids is 1. The van der Waals surface area contributed by atoms with Crippen LogP contribution in [0.25, 0.3) is 0 Å². The largest absolute Gasteiger partial charge is 0.354 e. The first-order valence-corrected chi connectivity index (χ1v) is 9.74. The number of benzene rings is 1. The third-order valence-corrected chi connectivity index (χ3v) is 5.18. The number of rotatable bonds is 5. The standard InChI is InChI=1S/C21H29N5O/c1-5-17-9-7-8-15(3)20(17)24-21(27)18-14-19(23-16(4)22-18)26-12-10-25(6-2)11-13-26/h7-9,14H,5-6,10-13H2,1-4H3,(H,24,27). The van der Waals surface area contributed by atoms with Gasteiger partial charge in [0, 0.05) is 37.9 Å². The molecule has 1 N–H and O–H groups in total. The topological polar surface area (TPSA) is 61.4 Å². The summed E-state index contributed by atoms with van der Waals surface area (Å²) in [5.74, 6) is 1.28. The van der Waals surface area contributed by atoms with E-state index in [1.807, 2.05) is 38.1 Å². The number of hydrogen-bond donors (Lipinski definition) is 1. The molecule has 1 fully saturated rings. The molecule has 2 aromatic rings. The molecule has 0 atom stereocenters. The molecule has 1 aliphatic rings. The summed E-state index contributed by atoms with van der Waals surface area (Å²) in [5.41, 5.74) is 3.49. The van der Waals surface area contributed by atoms with Crippen molar-refractivity contribution in [3.63, 3.8) is 0 Å². The lowest BCUT2D eigenvalue weighted by atomic mass is 10.1. The molecule has 1 aromatic carbocycles. The summed E-state index contributed by atoms with van der Waals surface area (Å²) in [7, 11) is 0. The van der Waals surface area contributed by atoms with Crippen molar-refractivity contribution >= 4 is 17.4 Å². The molecule has 1 amide bonds. The number of amides is 1. The van der Waals surface area contributed by atoms with Crippen molar-refractivity contribution in [1.29, 1.82) is 0 Å². The van der Waals surface area contributed by atoms with E-state index in [1.54, 1.807) is 0 Å². The third-order valence-electron chi connectivity index (χ3n) is 5.18. The minimum absolute atomic E-state index is 0.182. The summed E-state index contributed by atoms with van der Waals surface area (Å²) in [6.07, 6.45) is 0.868. The molecule has 0 aliphatic carbocycles. The number of aromatic nitrogens is 2. The molecular formula is C21H29N5O. The van der Waals surface area contributed by atoms with E-state index >= 15 is 0 Å². The monoisotopic (exact) mass is 367 g/mol. The molecule has 3 rings (SSSR count). The Hall–Kier alpha value is -2.47. The number of anilines is 2. The Morgan fingerprint density at radius 2 is 1.85 bits per heavy atom. The lowest BCUT2D eigenvalue weighted by molar-refractivity contribution is 0.102. The Morgan fingerprint density at radius 1 is 1.11 bits per heavy atom. The third kappa shape index (κ3) is 4.45. The van der Waals surface area contributed by atoms with Crippen molar-refractivity contribution in [1.82, 2.24) is 14.9 Å². The number of para-hydroxylation sites is 1. The number of nitrogens with one attached hydrogen (secondary N) is 1. The van der Waals surface area contributed by atoms with Gasteiger partial charge in [-0.25, -0.2) is 9.97 Å². The second-order valence-corrected chi connectivity index (χ2v) is 7.00. The zero-order valence-electron chi connectivity index (χ0n) is 16.7. The Bertz CT molecular complexity index is 812. The molecule has 6 nitrogen and oxygen atoms in total. The van der Waals surface area contributed by atoms with E-state index in [0.717, 1.165) is 61.8 Å². The quantitative estimate of drug-likeness (QED) is 0.880.